The first-order valence-electron chi connectivity index (χ1n) is 11.9. The van der Waals surface area contributed by atoms with Gasteiger partial charge in [-0.05, 0) is 57.7 Å². The van der Waals surface area contributed by atoms with Crippen molar-refractivity contribution in [2.45, 2.75) is 30.9 Å². The summed E-state index contributed by atoms with van der Waals surface area (Å²) in [6, 6.07) is 12.1. The number of nitrogens with zero attached hydrogens (tertiary/aromatic N) is 2. The van der Waals surface area contributed by atoms with Gasteiger partial charge in [0.1, 0.15) is 12.6 Å². The normalized spacial score (nSPS) is 21.9. The zero-order valence-electron chi connectivity index (χ0n) is 20.8. The van der Waals surface area contributed by atoms with Crippen molar-refractivity contribution in [1.82, 2.24) is 19.6 Å². The average Bonchev–Trinajstić information content (AvgIpc) is 3.09. The van der Waals surface area contributed by atoms with Crippen LogP contribution >= 0.6 is 23.2 Å². The third-order valence-electron chi connectivity index (χ3n) is 7.26. The molecule has 196 valence electrons. The number of ether oxygens (including phenoxy) is 1. The van der Waals surface area contributed by atoms with E-state index in [4.69, 9.17) is 27.9 Å². The zero-order chi connectivity index (χ0) is 26.1. The van der Waals surface area contributed by atoms with Gasteiger partial charge in [-0.1, -0.05) is 51.5 Å². The van der Waals surface area contributed by atoms with Gasteiger partial charge in [0.2, 0.25) is 0 Å². The summed E-state index contributed by atoms with van der Waals surface area (Å²) in [6.45, 7) is 2.17. The first kappa shape index (κ1) is 27.3. The van der Waals surface area contributed by atoms with Gasteiger partial charge < -0.3 is 10.1 Å². The van der Waals surface area contributed by atoms with E-state index in [-0.39, 0.29) is 25.2 Å². The summed E-state index contributed by atoms with van der Waals surface area (Å²) < 4.78 is 32.1. The third kappa shape index (κ3) is 5.15. The number of amides is 1. The van der Waals surface area contributed by atoms with Gasteiger partial charge in [-0.3, -0.25) is 9.69 Å². The SMILES string of the molecule is CN(C)C(COCc1ccc(Cl)c(Cl)c1)C(=O)N[N+]1(S(C)(=O)=O)CC2(CCNCC2)c2ccccc21. The first-order chi connectivity index (χ1) is 17.0. The largest absolute Gasteiger partial charge is 0.375 e. The van der Waals surface area contributed by atoms with Gasteiger partial charge in [0, 0.05) is 11.6 Å². The highest BCUT2D eigenvalue weighted by Crippen LogP contribution is 2.50. The summed E-state index contributed by atoms with van der Waals surface area (Å²) in [5.74, 6) is -0.416. The molecule has 36 heavy (non-hydrogen) atoms. The van der Waals surface area contributed by atoms with Gasteiger partial charge >= 0.3 is 10.0 Å². The van der Waals surface area contributed by atoms with Gasteiger partial charge in [-0.25, -0.2) is 0 Å². The molecule has 0 bridgehead atoms. The summed E-state index contributed by atoms with van der Waals surface area (Å²) in [5.41, 5.74) is 5.05. The molecule has 1 spiro atoms. The Labute approximate surface area is 223 Å². The highest BCUT2D eigenvalue weighted by atomic mass is 35.5. The van der Waals surface area contributed by atoms with E-state index in [1.807, 2.05) is 30.3 Å². The maximum absolute atomic E-state index is 13.7. The molecule has 1 saturated heterocycles. The molecule has 2 N–H and O–H groups in total. The Morgan fingerprint density at radius 1 is 1.17 bits per heavy atom. The van der Waals surface area contributed by atoms with Crippen molar-refractivity contribution in [2.75, 3.05) is 46.6 Å². The van der Waals surface area contributed by atoms with Crippen LogP contribution in [0.25, 0.3) is 0 Å². The molecule has 2 aromatic carbocycles. The number of nitrogens with one attached hydrogen (secondary N) is 2. The topological polar surface area (TPSA) is 87.7 Å². The number of quaternary nitrogens is 1. The van der Waals surface area contributed by atoms with E-state index in [2.05, 4.69) is 10.7 Å². The van der Waals surface area contributed by atoms with Crippen LogP contribution in [-0.4, -0.2) is 71.9 Å². The fourth-order valence-electron chi connectivity index (χ4n) is 5.27. The van der Waals surface area contributed by atoms with Crippen molar-refractivity contribution in [3.8, 4) is 0 Å². The van der Waals surface area contributed by atoms with Crippen LogP contribution in [0, 0.1) is 0 Å². The molecule has 11 heteroatoms. The summed E-state index contributed by atoms with van der Waals surface area (Å²) in [4.78, 5) is 15.4. The monoisotopic (exact) mass is 555 g/mol. The predicted octanol–water partition coefficient (Wildman–Crippen LogP) is 3.07. The van der Waals surface area contributed by atoms with E-state index >= 15 is 0 Å². The second-order valence-corrected chi connectivity index (χ2v) is 12.8. The first-order valence-corrected chi connectivity index (χ1v) is 14.5. The number of likely N-dealkylation sites (N-methyl/N-ethyl adjacent to an activating group) is 1. The molecule has 0 aromatic heterocycles. The fraction of sp³-hybridized carbons (Fsp3) is 0.480. The molecular weight excluding hydrogens is 523 g/mol. The van der Waals surface area contributed by atoms with Gasteiger partial charge in [-0.15, -0.1) is 0 Å². The number of carbonyl (C=O) groups excluding carboxylic acids is 1. The van der Waals surface area contributed by atoms with Crippen molar-refractivity contribution in [3.63, 3.8) is 0 Å². The molecule has 1 fully saturated rings. The van der Waals surface area contributed by atoms with Crippen LogP contribution in [0.5, 0.6) is 0 Å². The molecule has 2 aromatic rings. The van der Waals surface area contributed by atoms with Gasteiger partial charge in [0.05, 0.1) is 34.9 Å². The van der Waals surface area contributed by atoms with Crippen LogP contribution < -0.4 is 14.7 Å². The predicted molar refractivity (Wildman–Crippen MR) is 143 cm³/mol. The van der Waals surface area contributed by atoms with Crippen molar-refractivity contribution in [2.24, 2.45) is 0 Å². The molecule has 0 saturated carbocycles. The number of sulfonamides is 1. The minimum Gasteiger partial charge on any atom is -0.375 e. The quantitative estimate of drug-likeness (QED) is 0.487. The maximum atomic E-state index is 13.7. The number of piperidine rings is 1. The minimum absolute atomic E-state index is 0.0690. The Morgan fingerprint density at radius 2 is 1.86 bits per heavy atom. The fourth-order valence-corrected chi connectivity index (χ4v) is 6.85. The van der Waals surface area contributed by atoms with Gasteiger partial charge in [-0.2, -0.15) is 13.8 Å². The summed E-state index contributed by atoms with van der Waals surface area (Å²) in [7, 11) is -0.246. The smallest absolute Gasteiger partial charge is 0.321 e. The molecule has 0 aliphatic carbocycles. The molecule has 2 atom stereocenters. The lowest BCUT2D eigenvalue weighted by molar-refractivity contribution is -0.130. The second kappa shape index (κ2) is 10.6. The minimum atomic E-state index is -3.78. The van der Waals surface area contributed by atoms with Crippen molar-refractivity contribution in [3.05, 3.63) is 63.6 Å². The summed E-state index contributed by atoms with van der Waals surface area (Å²) >= 11 is 12.1. The molecule has 2 aliphatic heterocycles. The molecule has 8 nitrogen and oxygen atoms in total. The van der Waals surface area contributed by atoms with E-state index in [9.17, 15) is 13.2 Å². The molecule has 2 aliphatic rings. The number of halogens is 2. The highest BCUT2D eigenvalue weighted by molar-refractivity contribution is 7.90. The number of benzene rings is 2. The third-order valence-corrected chi connectivity index (χ3v) is 9.55. The number of rotatable bonds is 8. The van der Waals surface area contributed by atoms with Crippen molar-refractivity contribution >= 4 is 44.8 Å². The maximum Gasteiger partial charge on any atom is 0.321 e. The standard InChI is InChI=1S/C25H32Cl2N4O4S/c1-30(2)22(16-35-15-18-8-9-20(26)21(27)14-18)24(32)29-31(36(3,33)34)17-25(10-12-28-13-11-25)19-6-4-5-7-23(19)31/h4-9,14,22,28H,10-13,15-17H2,1-3H3/p+1. The van der Waals surface area contributed by atoms with Crippen LogP contribution in [0.2, 0.25) is 10.0 Å². The molecule has 4 rings (SSSR count). The number of carbonyl (C=O) groups is 1. The van der Waals surface area contributed by atoms with Gasteiger partial charge in [0.15, 0.2) is 5.69 Å². The number of hydrogen-bond donors (Lipinski definition) is 2. The van der Waals surface area contributed by atoms with E-state index in [1.165, 1.54) is 6.26 Å². The molecule has 2 heterocycles. The van der Waals surface area contributed by atoms with Crippen molar-refractivity contribution < 1.29 is 17.9 Å². The summed E-state index contributed by atoms with van der Waals surface area (Å²) in [5, 5.41) is 4.25. The van der Waals surface area contributed by atoms with E-state index in [0.717, 1.165) is 37.1 Å². The Balaban J connectivity index is 1.58. The van der Waals surface area contributed by atoms with Crippen LogP contribution in [-0.2, 0) is 31.6 Å². The van der Waals surface area contributed by atoms with Crippen molar-refractivity contribution in [1.29, 1.82) is 0 Å². The van der Waals surface area contributed by atoms with E-state index in [0.29, 0.717) is 15.7 Å². The molecule has 2 unspecified atom stereocenters. The Bertz CT molecular complexity index is 1230. The molecule has 1 amide bonds. The van der Waals surface area contributed by atoms with Gasteiger partial charge in [0.25, 0.3) is 5.91 Å². The van der Waals surface area contributed by atoms with E-state index < -0.39 is 26.0 Å². The van der Waals surface area contributed by atoms with Crippen LogP contribution in [0.4, 0.5) is 5.69 Å². The molecule has 0 radical (unpaired) electrons. The Hall–Kier alpha value is -1.72. The number of fused-ring (bicyclic) bond motifs is 2. The lowest BCUT2D eigenvalue weighted by Crippen LogP contribution is -2.68. The summed E-state index contributed by atoms with van der Waals surface area (Å²) in [6.07, 6.45) is 2.80. The lowest BCUT2D eigenvalue weighted by Gasteiger charge is -2.37. The lowest BCUT2D eigenvalue weighted by atomic mass is 9.75. The van der Waals surface area contributed by atoms with Crippen LogP contribution in [0.3, 0.4) is 0 Å². The highest BCUT2D eigenvalue weighted by Gasteiger charge is 2.60. The average molecular weight is 557 g/mol. The Morgan fingerprint density at radius 3 is 2.50 bits per heavy atom. The zero-order valence-corrected chi connectivity index (χ0v) is 23.1. The van der Waals surface area contributed by atoms with E-state index in [1.54, 1.807) is 31.1 Å². The Kier molecular flexibility index (Phi) is 8.02. The second-order valence-electron chi connectivity index (χ2n) is 9.90. The molecular formula is C25H33Cl2N4O4S+. The number of para-hydroxylation sites is 1. The van der Waals surface area contributed by atoms with Crippen LogP contribution in [0.15, 0.2) is 42.5 Å². The number of hydrogen-bond acceptors (Lipinski definition) is 6. The van der Waals surface area contributed by atoms with Crippen LogP contribution in [0.1, 0.15) is 24.0 Å².